The number of carbonyl (C=O) groups excluding carboxylic acids is 1. The molecule has 0 radical (unpaired) electrons. The number of nitrogens with one attached hydrogen (secondary N) is 1. The number of carbonyl (C=O) groups is 1. The molecule has 20 heavy (non-hydrogen) atoms. The van der Waals surface area contributed by atoms with Crippen LogP contribution in [0.25, 0.3) is 10.9 Å². The van der Waals surface area contributed by atoms with Crippen LogP contribution >= 0.6 is 0 Å². The Labute approximate surface area is 117 Å². The van der Waals surface area contributed by atoms with Crippen molar-refractivity contribution >= 4 is 16.8 Å². The molecule has 0 spiro atoms. The first-order chi connectivity index (χ1) is 9.49. The molecule has 0 bridgehead atoms. The average molecular weight is 273 g/mol. The van der Waals surface area contributed by atoms with Gasteiger partial charge in [-0.05, 0) is 25.0 Å². The van der Waals surface area contributed by atoms with Gasteiger partial charge in [-0.2, -0.15) is 0 Å². The number of amides is 1. The van der Waals surface area contributed by atoms with Crippen molar-refractivity contribution in [1.82, 2.24) is 14.9 Å². The highest BCUT2D eigenvalue weighted by molar-refractivity contribution is 5.78. The van der Waals surface area contributed by atoms with Gasteiger partial charge in [0.1, 0.15) is 6.54 Å². The molecule has 5 nitrogen and oxygen atoms in total. The molecule has 0 fully saturated rings. The second-order valence-corrected chi connectivity index (χ2v) is 5.29. The maximum atomic E-state index is 12.2. The molecule has 0 unspecified atom stereocenters. The molecule has 1 amide bonds. The number of nitrogens with zero attached hydrogens (tertiary/aromatic N) is 2. The van der Waals surface area contributed by atoms with Gasteiger partial charge >= 0.3 is 0 Å². The first-order valence-electron chi connectivity index (χ1n) is 6.72. The molecule has 2 aromatic rings. The fraction of sp³-hybridized carbons (Fsp3) is 0.400. The maximum absolute atomic E-state index is 12.2. The molecule has 1 atom stereocenters. The molecular formula is C15H19N3O2. The number of para-hydroxylation sites is 1. The third kappa shape index (κ3) is 3.04. The Morgan fingerprint density at radius 3 is 2.70 bits per heavy atom. The van der Waals surface area contributed by atoms with E-state index in [1.165, 1.54) is 10.9 Å². The lowest BCUT2D eigenvalue weighted by molar-refractivity contribution is -0.122. The molecule has 5 heteroatoms. The smallest absolute Gasteiger partial charge is 0.261 e. The van der Waals surface area contributed by atoms with Crippen LogP contribution in [-0.2, 0) is 11.3 Å². The second kappa shape index (κ2) is 5.86. The number of rotatable bonds is 4. The summed E-state index contributed by atoms with van der Waals surface area (Å²) >= 11 is 0. The summed E-state index contributed by atoms with van der Waals surface area (Å²) < 4.78 is 1.34. The van der Waals surface area contributed by atoms with Gasteiger partial charge in [0.15, 0.2) is 0 Å². The number of hydrogen-bond donors (Lipinski definition) is 1. The molecule has 1 heterocycles. The topological polar surface area (TPSA) is 64.0 Å². The van der Waals surface area contributed by atoms with E-state index in [0.29, 0.717) is 16.8 Å². The Bertz CT molecular complexity index is 676. The van der Waals surface area contributed by atoms with Crippen molar-refractivity contribution in [2.75, 3.05) is 0 Å². The number of fused-ring (bicyclic) bond motifs is 1. The molecular weight excluding hydrogens is 254 g/mol. The zero-order valence-corrected chi connectivity index (χ0v) is 12.0. The summed E-state index contributed by atoms with van der Waals surface area (Å²) in [6.45, 7) is 6.01. The Kier molecular flexibility index (Phi) is 4.17. The highest BCUT2D eigenvalue weighted by Crippen LogP contribution is 2.04. The zero-order chi connectivity index (χ0) is 14.7. The van der Waals surface area contributed by atoms with E-state index in [2.05, 4.69) is 10.3 Å². The summed E-state index contributed by atoms with van der Waals surface area (Å²) in [5, 5.41) is 3.40. The van der Waals surface area contributed by atoms with Crippen molar-refractivity contribution in [2.24, 2.45) is 5.92 Å². The number of benzene rings is 1. The molecule has 1 aromatic heterocycles. The fourth-order valence-electron chi connectivity index (χ4n) is 1.84. The summed E-state index contributed by atoms with van der Waals surface area (Å²) in [5.74, 6) is 0.177. The Hall–Kier alpha value is -2.17. The van der Waals surface area contributed by atoms with Crippen molar-refractivity contribution in [3.63, 3.8) is 0 Å². The summed E-state index contributed by atoms with van der Waals surface area (Å²) in [4.78, 5) is 28.3. The first-order valence-corrected chi connectivity index (χ1v) is 6.72. The van der Waals surface area contributed by atoms with E-state index in [4.69, 9.17) is 0 Å². The van der Waals surface area contributed by atoms with Gasteiger partial charge in [0, 0.05) is 6.04 Å². The highest BCUT2D eigenvalue weighted by atomic mass is 16.2. The lowest BCUT2D eigenvalue weighted by Crippen LogP contribution is -2.39. The first kappa shape index (κ1) is 14.2. The average Bonchev–Trinajstić information content (AvgIpc) is 2.42. The molecule has 0 saturated carbocycles. The summed E-state index contributed by atoms with van der Waals surface area (Å²) in [6.07, 6.45) is 1.42. The fourth-order valence-corrected chi connectivity index (χ4v) is 1.84. The molecule has 0 saturated heterocycles. The van der Waals surface area contributed by atoms with Crippen molar-refractivity contribution < 1.29 is 4.79 Å². The van der Waals surface area contributed by atoms with E-state index in [9.17, 15) is 9.59 Å². The predicted octanol–water partition coefficient (Wildman–Crippen LogP) is 1.56. The minimum absolute atomic E-state index is 0.00622. The zero-order valence-electron chi connectivity index (χ0n) is 12.0. The molecule has 0 aliphatic rings. The quantitative estimate of drug-likeness (QED) is 0.919. The molecule has 0 aliphatic heterocycles. The van der Waals surface area contributed by atoms with Gasteiger partial charge in [0.05, 0.1) is 17.2 Å². The van der Waals surface area contributed by atoms with Gasteiger partial charge < -0.3 is 5.32 Å². The molecule has 106 valence electrons. The SMILES string of the molecule is CC(C)[C@H](C)NC(=O)Cn1cnc2ccccc2c1=O. The molecule has 1 N–H and O–H groups in total. The third-order valence-corrected chi connectivity index (χ3v) is 3.43. The summed E-state index contributed by atoms with van der Waals surface area (Å²) in [5.41, 5.74) is 0.452. The van der Waals surface area contributed by atoms with Crippen LogP contribution in [0.2, 0.25) is 0 Å². The number of aromatic nitrogens is 2. The van der Waals surface area contributed by atoms with Gasteiger partial charge in [-0.25, -0.2) is 4.98 Å². The van der Waals surface area contributed by atoms with Gasteiger partial charge in [0.25, 0.3) is 5.56 Å². The minimum atomic E-state index is -0.192. The van der Waals surface area contributed by atoms with Crippen LogP contribution in [0.5, 0.6) is 0 Å². The summed E-state index contributed by atoms with van der Waals surface area (Å²) in [7, 11) is 0. The second-order valence-electron chi connectivity index (χ2n) is 5.29. The Morgan fingerprint density at radius 2 is 2.00 bits per heavy atom. The van der Waals surface area contributed by atoms with Crippen LogP contribution in [-0.4, -0.2) is 21.5 Å². The van der Waals surface area contributed by atoms with Crippen LogP contribution in [0.15, 0.2) is 35.4 Å². The van der Waals surface area contributed by atoms with Crippen LogP contribution < -0.4 is 10.9 Å². The van der Waals surface area contributed by atoms with E-state index in [1.807, 2.05) is 26.8 Å². The van der Waals surface area contributed by atoms with Gasteiger partial charge in [-0.3, -0.25) is 14.2 Å². The summed E-state index contributed by atoms with van der Waals surface area (Å²) in [6, 6.07) is 7.19. The van der Waals surface area contributed by atoms with E-state index >= 15 is 0 Å². The molecule has 2 rings (SSSR count). The largest absolute Gasteiger partial charge is 0.352 e. The minimum Gasteiger partial charge on any atom is -0.352 e. The third-order valence-electron chi connectivity index (χ3n) is 3.43. The monoisotopic (exact) mass is 273 g/mol. The normalized spacial score (nSPS) is 12.6. The standard InChI is InChI=1S/C15H19N3O2/c1-10(2)11(3)17-14(19)8-18-9-16-13-7-5-4-6-12(13)15(18)20/h4-7,9-11H,8H2,1-3H3,(H,17,19)/t11-/m0/s1. The Morgan fingerprint density at radius 1 is 1.30 bits per heavy atom. The van der Waals surface area contributed by atoms with Crippen LogP contribution in [0.3, 0.4) is 0 Å². The van der Waals surface area contributed by atoms with Crippen molar-refractivity contribution in [3.05, 3.63) is 40.9 Å². The van der Waals surface area contributed by atoms with E-state index in [0.717, 1.165) is 0 Å². The molecule has 0 aliphatic carbocycles. The van der Waals surface area contributed by atoms with E-state index < -0.39 is 0 Å². The van der Waals surface area contributed by atoms with Crippen molar-refractivity contribution in [3.8, 4) is 0 Å². The highest BCUT2D eigenvalue weighted by Gasteiger charge is 2.12. The van der Waals surface area contributed by atoms with Crippen molar-refractivity contribution in [2.45, 2.75) is 33.4 Å². The molecule has 1 aromatic carbocycles. The van der Waals surface area contributed by atoms with E-state index in [1.54, 1.807) is 18.2 Å². The van der Waals surface area contributed by atoms with Gasteiger partial charge in [-0.15, -0.1) is 0 Å². The van der Waals surface area contributed by atoms with Crippen LogP contribution in [0, 0.1) is 5.92 Å². The van der Waals surface area contributed by atoms with Crippen LogP contribution in [0.4, 0.5) is 0 Å². The van der Waals surface area contributed by atoms with Crippen molar-refractivity contribution in [1.29, 1.82) is 0 Å². The number of hydrogen-bond acceptors (Lipinski definition) is 3. The van der Waals surface area contributed by atoms with Crippen LogP contribution in [0.1, 0.15) is 20.8 Å². The maximum Gasteiger partial charge on any atom is 0.261 e. The predicted molar refractivity (Wildman–Crippen MR) is 78.4 cm³/mol. The van der Waals surface area contributed by atoms with E-state index in [-0.39, 0.29) is 24.1 Å². The van der Waals surface area contributed by atoms with Gasteiger partial charge in [-0.1, -0.05) is 26.0 Å². The van der Waals surface area contributed by atoms with Gasteiger partial charge in [0.2, 0.25) is 5.91 Å². The Balaban J connectivity index is 2.20. The lowest BCUT2D eigenvalue weighted by atomic mass is 10.1. The lowest BCUT2D eigenvalue weighted by Gasteiger charge is -2.17.